The van der Waals surface area contributed by atoms with Crippen LogP contribution in [-0.2, 0) is 32.3 Å². The van der Waals surface area contributed by atoms with E-state index in [0.717, 1.165) is 11.1 Å². The van der Waals surface area contributed by atoms with E-state index in [4.69, 9.17) is 27.4 Å². The van der Waals surface area contributed by atoms with Crippen LogP contribution in [0.5, 0.6) is 0 Å². The van der Waals surface area contributed by atoms with E-state index in [1.54, 1.807) is 24.3 Å². The van der Waals surface area contributed by atoms with Crippen molar-refractivity contribution >= 4 is 24.1 Å². The maximum atomic E-state index is 11.9. The van der Waals surface area contributed by atoms with Crippen molar-refractivity contribution in [1.82, 2.24) is 16.0 Å². The van der Waals surface area contributed by atoms with Crippen LogP contribution in [0, 0.1) is 24.7 Å². The van der Waals surface area contributed by atoms with Gasteiger partial charge in [0.15, 0.2) is 12.2 Å². The van der Waals surface area contributed by atoms with Crippen LogP contribution in [0.4, 0.5) is 9.59 Å². The van der Waals surface area contributed by atoms with Crippen molar-refractivity contribution in [3.05, 3.63) is 84.4 Å². The molecule has 0 unspecified atom stereocenters. The number of benzene rings is 2. The first-order valence-electron chi connectivity index (χ1n) is 13.9. The summed E-state index contributed by atoms with van der Waals surface area (Å²) in [6, 6.07) is 16.4. The van der Waals surface area contributed by atoms with Gasteiger partial charge in [0.25, 0.3) is 5.91 Å². The lowest BCUT2D eigenvalue weighted by Crippen LogP contribution is -2.50. The number of aliphatic hydroxyl groups is 2. The number of terminal acetylenes is 2. The van der Waals surface area contributed by atoms with Crippen molar-refractivity contribution in [3.8, 4) is 24.7 Å². The molecule has 0 fully saturated rings. The van der Waals surface area contributed by atoms with Crippen LogP contribution in [0.25, 0.3) is 0 Å². The van der Waals surface area contributed by atoms with E-state index in [9.17, 15) is 29.4 Å². The SMILES string of the molecule is C#CCC[C@H](NC(=O)OCc1ccccc1)[C@@H](O)C(=O)O.C#CCC[C@H](NC(=O)OCc1ccccc1)[C@H](O)C(=O)NCC=C. The van der Waals surface area contributed by atoms with Crippen LogP contribution in [0.3, 0.4) is 0 Å². The Morgan fingerprint density at radius 1 is 0.778 bits per heavy atom. The Balaban J connectivity index is 0.000000454. The number of rotatable bonds is 16. The van der Waals surface area contributed by atoms with Gasteiger partial charge in [0.2, 0.25) is 0 Å². The fourth-order valence-corrected chi connectivity index (χ4v) is 3.56. The van der Waals surface area contributed by atoms with Gasteiger partial charge in [-0.25, -0.2) is 14.4 Å². The van der Waals surface area contributed by atoms with E-state index >= 15 is 0 Å². The molecule has 0 saturated carbocycles. The zero-order valence-electron chi connectivity index (χ0n) is 24.8. The van der Waals surface area contributed by atoms with Crippen LogP contribution >= 0.6 is 0 Å². The molecule has 240 valence electrons. The summed E-state index contributed by atoms with van der Waals surface area (Å²) in [7, 11) is 0. The predicted molar refractivity (Wildman–Crippen MR) is 166 cm³/mol. The Labute approximate surface area is 262 Å². The summed E-state index contributed by atoms with van der Waals surface area (Å²) in [4.78, 5) is 46.1. The first kappa shape index (κ1) is 37.7. The average Bonchev–Trinajstić information content (AvgIpc) is 3.06. The van der Waals surface area contributed by atoms with Gasteiger partial charge < -0.3 is 40.7 Å². The van der Waals surface area contributed by atoms with Gasteiger partial charge in [0, 0.05) is 19.4 Å². The van der Waals surface area contributed by atoms with Gasteiger partial charge in [0.05, 0.1) is 12.1 Å². The third-order valence-corrected chi connectivity index (χ3v) is 5.94. The van der Waals surface area contributed by atoms with Crippen molar-refractivity contribution in [3.63, 3.8) is 0 Å². The zero-order chi connectivity index (χ0) is 33.5. The number of hydrogen-bond acceptors (Lipinski definition) is 8. The minimum absolute atomic E-state index is 0.0533. The Kier molecular flexibility index (Phi) is 18.7. The fraction of sp³-hybridized carbons (Fsp3) is 0.333. The molecule has 6 N–H and O–H groups in total. The topological polar surface area (TPSA) is 184 Å². The molecule has 3 amide bonds. The second kappa shape index (κ2) is 22.3. The maximum absolute atomic E-state index is 11.9. The maximum Gasteiger partial charge on any atom is 0.407 e. The fourth-order valence-electron chi connectivity index (χ4n) is 3.56. The Bertz CT molecular complexity index is 1290. The molecule has 0 bridgehead atoms. The quantitative estimate of drug-likeness (QED) is 0.121. The lowest BCUT2D eigenvalue weighted by Gasteiger charge is -2.22. The van der Waals surface area contributed by atoms with E-state index in [1.807, 2.05) is 36.4 Å². The molecule has 0 spiro atoms. The number of aliphatic hydroxyl groups excluding tert-OH is 2. The largest absolute Gasteiger partial charge is 0.479 e. The second-order valence-electron chi connectivity index (χ2n) is 9.37. The second-order valence-corrected chi connectivity index (χ2v) is 9.37. The number of ether oxygens (including phenoxy) is 2. The van der Waals surface area contributed by atoms with E-state index in [-0.39, 0.29) is 39.0 Å². The number of alkyl carbamates (subject to hydrolysis) is 2. The van der Waals surface area contributed by atoms with Gasteiger partial charge in [-0.15, -0.1) is 31.3 Å². The molecule has 0 aliphatic carbocycles. The molecule has 0 aliphatic rings. The molecule has 4 atom stereocenters. The van der Waals surface area contributed by atoms with E-state index in [0.29, 0.717) is 6.42 Å². The molecular formula is C33H39N3O9. The predicted octanol–water partition coefficient (Wildman–Crippen LogP) is 2.50. The number of carbonyl (C=O) groups excluding carboxylic acids is 3. The lowest BCUT2D eigenvalue weighted by molar-refractivity contribution is -0.148. The summed E-state index contributed by atoms with van der Waals surface area (Å²) in [6.45, 7) is 3.84. The van der Waals surface area contributed by atoms with Crippen molar-refractivity contribution in [1.29, 1.82) is 0 Å². The molecule has 0 aromatic heterocycles. The minimum Gasteiger partial charge on any atom is -0.479 e. The van der Waals surface area contributed by atoms with Crippen LogP contribution in [0.2, 0.25) is 0 Å². The number of carboxylic acid groups (broad SMARTS) is 1. The number of carbonyl (C=O) groups is 4. The molecule has 45 heavy (non-hydrogen) atoms. The van der Waals surface area contributed by atoms with Gasteiger partial charge >= 0.3 is 18.2 Å². The average molecular weight is 622 g/mol. The molecule has 12 nitrogen and oxygen atoms in total. The van der Waals surface area contributed by atoms with Crippen LogP contribution in [0.1, 0.15) is 36.8 Å². The van der Waals surface area contributed by atoms with E-state index in [2.05, 4.69) is 34.4 Å². The zero-order valence-corrected chi connectivity index (χ0v) is 24.8. The van der Waals surface area contributed by atoms with Gasteiger partial charge in [-0.2, -0.15) is 0 Å². The molecule has 0 radical (unpaired) electrons. The highest BCUT2D eigenvalue weighted by Gasteiger charge is 2.28. The summed E-state index contributed by atoms with van der Waals surface area (Å²) in [5, 5.41) is 35.6. The van der Waals surface area contributed by atoms with Gasteiger partial charge in [-0.05, 0) is 24.0 Å². The van der Waals surface area contributed by atoms with Gasteiger partial charge in [-0.1, -0.05) is 66.7 Å². The summed E-state index contributed by atoms with van der Waals surface area (Å²) < 4.78 is 10.1. The molecule has 12 heteroatoms. The molecule has 2 aromatic carbocycles. The molecule has 0 saturated heterocycles. The number of aliphatic carboxylic acids is 1. The summed E-state index contributed by atoms with van der Waals surface area (Å²) >= 11 is 0. The van der Waals surface area contributed by atoms with Crippen LogP contribution < -0.4 is 16.0 Å². The Morgan fingerprint density at radius 2 is 1.20 bits per heavy atom. The number of amides is 3. The standard InChI is InChI=1S/C18H22N2O4.C15H17NO5/c1-3-5-11-15(16(21)17(22)19-12-4-2)20-18(23)24-13-14-9-7-6-8-10-14;1-2-3-9-12(13(17)14(18)19)16-15(20)21-10-11-7-5-4-6-8-11/h1,4,6-10,15-16,21H,2,5,11-13H2,(H,19,22)(H,20,23);1,4-8,12-13,17H,3,9-10H2,(H,16,20)(H,18,19)/t15-,16-;12-,13+/m00/s1. The number of nitrogens with one attached hydrogen (secondary N) is 3. The minimum atomic E-state index is -1.73. The lowest BCUT2D eigenvalue weighted by atomic mass is 10.0. The highest BCUT2D eigenvalue weighted by Crippen LogP contribution is 2.07. The van der Waals surface area contributed by atoms with Crippen molar-refractivity contribution < 1.29 is 44.0 Å². The van der Waals surface area contributed by atoms with Crippen molar-refractivity contribution in [2.24, 2.45) is 0 Å². The highest BCUT2D eigenvalue weighted by atomic mass is 16.6. The molecule has 2 rings (SSSR count). The van der Waals surface area contributed by atoms with Crippen molar-refractivity contribution in [2.45, 2.75) is 63.2 Å². The number of carboxylic acids is 1. The van der Waals surface area contributed by atoms with Crippen LogP contribution in [-0.4, -0.2) is 70.2 Å². The Morgan fingerprint density at radius 3 is 1.58 bits per heavy atom. The first-order chi connectivity index (χ1) is 21.6. The van der Waals surface area contributed by atoms with Crippen molar-refractivity contribution in [2.75, 3.05) is 6.54 Å². The summed E-state index contributed by atoms with van der Waals surface area (Å²) in [6.07, 6.45) is 8.03. The highest BCUT2D eigenvalue weighted by molar-refractivity contribution is 5.82. The summed E-state index contributed by atoms with van der Waals surface area (Å²) in [5.41, 5.74) is 1.63. The molecule has 0 aliphatic heterocycles. The normalized spacial score (nSPS) is 12.5. The summed E-state index contributed by atoms with van der Waals surface area (Å²) in [5.74, 6) is 2.70. The third kappa shape index (κ3) is 16.2. The molecule has 0 heterocycles. The first-order valence-corrected chi connectivity index (χ1v) is 13.9. The molecule has 2 aromatic rings. The Hall–Kier alpha value is -5.30. The van der Waals surface area contributed by atoms with Gasteiger partial charge in [0.1, 0.15) is 13.2 Å². The number of hydrogen-bond donors (Lipinski definition) is 6. The molecular weight excluding hydrogens is 582 g/mol. The van der Waals surface area contributed by atoms with Gasteiger partial charge in [-0.3, -0.25) is 4.79 Å². The monoisotopic (exact) mass is 621 g/mol. The smallest absolute Gasteiger partial charge is 0.407 e. The van der Waals surface area contributed by atoms with E-state index in [1.165, 1.54) is 6.08 Å². The van der Waals surface area contributed by atoms with Crippen LogP contribution in [0.15, 0.2) is 73.3 Å². The van der Waals surface area contributed by atoms with E-state index < -0.39 is 48.4 Å². The third-order valence-electron chi connectivity index (χ3n) is 5.94.